The molecule has 6 heteroatoms. The molecule has 0 unspecified atom stereocenters. The number of hydrogen-bond acceptors (Lipinski definition) is 3. The molecule has 1 heterocycles. The van der Waals surface area contributed by atoms with Gasteiger partial charge in [-0.2, -0.15) is 0 Å². The first-order chi connectivity index (χ1) is 12.6. The Kier molecular flexibility index (Phi) is 5.61. The van der Waals surface area contributed by atoms with E-state index >= 15 is 0 Å². The molecule has 0 radical (unpaired) electrons. The van der Waals surface area contributed by atoms with Crippen molar-refractivity contribution in [1.82, 2.24) is 10.3 Å². The van der Waals surface area contributed by atoms with Gasteiger partial charge in [0.15, 0.2) is 0 Å². The molecule has 0 fully saturated rings. The second-order valence-corrected chi connectivity index (χ2v) is 5.99. The van der Waals surface area contributed by atoms with Crippen LogP contribution in [0.3, 0.4) is 0 Å². The van der Waals surface area contributed by atoms with Gasteiger partial charge in [-0.15, -0.1) is 0 Å². The summed E-state index contributed by atoms with van der Waals surface area (Å²) in [5.41, 5.74) is 2.18. The Balaban J connectivity index is 1.72. The first-order valence-electron chi connectivity index (χ1n) is 7.96. The maximum atomic E-state index is 12.5. The molecular formula is C20H16ClN3O2. The van der Waals surface area contributed by atoms with Crippen LogP contribution in [0.4, 0.5) is 5.69 Å². The number of pyridine rings is 1. The van der Waals surface area contributed by atoms with Crippen molar-refractivity contribution < 1.29 is 9.59 Å². The van der Waals surface area contributed by atoms with Gasteiger partial charge in [-0.25, -0.2) is 0 Å². The fourth-order valence-corrected chi connectivity index (χ4v) is 2.49. The van der Waals surface area contributed by atoms with Crippen molar-refractivity contribution >= 4 is 29.1 Å². The highest BCUT2D eigenvalue weighted by Gasteiger charge is 2.14. The van der Waals surface area contributed by atoms with Crippen molar-refractivity contribution in [2.75, 3.05) is 5.32 Å². The van der Waals surface area contributed by atoms with Crippen molar-refractivity contribution in [2.24, 2.45) is 0 Å². The monoisotopic (exact) mass is 365 g/mol. The van der Waals surface area contributed by atoms with Crippen LogP contribution in [0, 0.1) is 0 Å². The third kappa shape index (κ3) is 4.46. The van der Waals surface area contributed by atoms with Gasteiger partial charge < -0.3 is 10.6 Å². The molecule has 3 aromatic rings. The van der Waals surface area contributed by atoms with Crippen LogP contribution in [0.5, 0.6) is 0 Å². The number of para-hydroxylation sites is 1. The van der Waals surface area contributed by atoms with Gasteiger partial charge in [-0.3, -0.25) is 14.6 Å². The molecule has 26 heavy (non-hydrogen) atoms. The highest BCUT2D eigenvalue weighted by Crippen LogP contribution is 2.17. The molecule has 2 aromatic carbocycles. The van der Waals surface area contributed by atoms with Gasteiger partial charge >= 0.3 is 0 Å². The fourth-order valence-electron chi connectivity index (χ4n) is 2.37. The number of hydrogen-bond donors (Lipinski definition) is 2. The maximum Gasteiger partial charge on any atom is 0.255 e. The van der Waals surface area contributed by atoms with Crippen LogP contribution in [0.2, 0.25) is 5.02 Å². The molecule has 130 valence electrons. The molecule has 5 nitrogen and oxygen atoms in total. The average Bonchev–Trinajstić information content (AvgIpc) is 2.68. The van der Waals surface area contributed by atoms with Gasteiger partial charge in [0, 0.05) is 29.5 Å². The smallest absolute Gasteiger partial charge is 0.255 e. The van der Waals surface area contributed by atoms with E-state index < -0.39 is 0 Å². The zero-order valence-electron chi connectivity index (χ0n) is 13.8. The number of halogens is 1. The predicted molar refractivity (Wildman–Crippen MR) is 101 cm³/mol. The predicted octanol–water partition coefficient (Wildman–Crippen LogP) is 3.92. The molecule has 3 rings (SSSR count). The summed E-state index contributed by atoms with van der Waals surface area (Å²) < 4.78 is 0. The lowest BCUT2D eigenvalue weighted by Crippen LogP contribution is -2.25. The number of rotatable bonds is 5. The lowest BCUT2D eigenvalue weighted by atomic mass is 10.1. The van der Waals surface area contributed by atoms with Crippen LogP contribution < -0.4 is 10.6 Å². The van der Waals surface area contributed by atoms with E-state index in [0.29, 0.717) is 28.4 Å². The van der Waals surface area contributed by atoms with Crippen molar-refractivity contribution in [3.63, 3.8) is 0 Å². The summed E-state index contributed by atoms with van der Waals surface area (Å²) >= 11 is 5.84. The van der Waals surface area contributed by atoms with E-state index in [1.807, 2.05) is 12.1 Å². The van der Waals surface area contributed by atoms with Crippen molar-refractivity contribution in [1.29, 1.82) is 0 Å². The number of aromatic nitrogens is 1. The minimum Gasteiger partial charge on any atom is -0.348 e. The summed E-state index contributed by atoms with van der Waals surface area (Å²) in [4.78, 5) is 28.9. The Morgan fingerprint density at radius 2 is 1.69 bits per heavy atom. The van der Waals surface area contributed by atoms with Crippen LogP contribution in [-0.2, 0) is 6.54 Å². The zero-order valence-corrected chi connectivity index (χ0v) is 14.5. The summed E-state index contributed by atoms with van der Waals surface area (Å²) in [7, 11) is 0. The van der Waals surface area contributed by atoms with E-state index in [0.717, 1.165) is 5.56 Å². The van der Waals surface area contributed by atoms with E-state index in [4.69, 9.17) is 11.6 Å². The Bertz CT molecular complexity index is 912. The average molecular weight is 366 g/mol. The lowest BCUT2D eigenvalue weighted by molar-refractivity contribution is 0.0951. The minimum absolute atomic E-state index is 0.277. The summed E-state index contributed by atoms with van der Waals surface area (Å²) in [6.07, 6.45) is 3.36. The molecular weight excluding hydrogens is 350 g/mol. The molecule has 2 N–H and O–H groups in total. The van der Waals surface area contributed by atoms with E-state index in [9.17, 15) is 9.59 Å². The van der Waals surface area contributed by atoms with Crippen molar-refractivity contribution in [2.45, 2.75) is 6.54 Å². The minimum atomic E-state index is -0.311. The molecule has 1 aromatic heterocycles. The van der Waals surface area contributed by atoms with Crippen LogP contribution in [-0.4, -0.2) is 16.8 Å². The standard InChI is InChI=1S/C20H16ClN3O2/c21-16-9-7-15(8-10-16)19(25)24-18-6-2-1-5-17(18)20(26)23-13-14-4-3-11-22-12-14/h1-12H,13H2,(H,23,26)(H,24,25). The molecule has 0 atom stereocenters. The zero-order chi connectivity index (χ0) is 18.4. The van der Waals surface area contributed by atoms with Crippen LogP contribution >= 0.6 is 11.6 Å². The molecule has 0 saturated heterocycles. The lowest BCUT2D eigenvalue weighted by Gasteiger charge is -2.11. The number of anilines is 1. The summed E-state index contributed by atoms with van der Waals surface area (Å²) in [5.74, 6) is -0.588. The number of carbonyl (C=O) groups is 2. The number of amides is 2. The molecule has 0 spiro atoms. The molecule has 0 bridgehead atoms. The largest absolute Gasteiger partial charge is 0.348 e. The molecule has 0 aliphatic rings. The second kappa shape index (κ2) is 8.27. The Labute approximate surface area is 156 Å². The fraction of sp³-hybridized carbons (Fsp3) is 0.0500. The van der Waals surface area contributed by atoms with Crippen LogP contribution in [0.15, 0.2) is 73.1 Å². The molecule has 0 saturated carbocycles. The van der Waals surface area contributed by atoms with Gasteiger partial charge in [0.05, 0.1) is 11.3 Å². The van der Waals surface area contributed by atoms with Gasteiger partial charge in [0.25, 0.3) is 11.8 Å². The van der Waals surface area contributed by atoms with Crippen LogP contribution in [0.25, 0.3) is 0 Å². The van der Waals surface area contributed by atoms with Gasteiger partial charge in [-0.05, 0) is 48.0 Å². The normalized spacial score (nSPS) is 10.2. The molecule has 2 amide bonds. The topological polar surface area (TPSA) is 71.1 Å². The van der Waals surface area contributed by atoms with E-state index in [-0.39, 0.29) is 11.8 Å². The number of nitrogens with one attached hydrogen (secondary N) is 2. The van der Waals surface area contributed by atoms with Gasteiger partial charge in [0.2, 0.25) is 0 Å². The molecule has 0 aliphatic carbocycles. The third-order valence-corrected chi connectivity index (χ3v) is 3.95. The maximum absolute atomic E-state index is 12.5. The Morgan fingerprint density at radius 1 is 0.923 bits per heavy atom. The van der Waals surface area contributed by atoms with Gasteiger partial charge in [0.1, 0.15) is 0 Å². The highest BCUT2D eigenvalue weighted by molar-refractivity contribution is 6.30. The van der Waals surface area contributed by atoms with E-state index in [1.54, 1.807) is 60.9 Å². The quantitative estimate of drug-likeness (QED) is 0.720. The molecule has 0 aliphatic heterocycles. The van der Waals surface area contributed by atoms with Crippen molar-refractivity contribution in [3.8, 4) is 0 Å². The van der Waals surface area contributed by atoms with Crippen LogP contribution in [0.1, 0.15) is 26.3 Å². The highest BCUT2D eigenvalue weighted by atomic mass is 35.5. The first-order valence-corrected chi connectivity index (χ1v) is 8.34. The Morgan fingerprint density at radius 3 is 2.42 bits per heavy atom. The first kappa shape index (κ1) is 17.6. The second-order valence-electron chi connectivity index (χ2n) is 5.55. The Hall–Kier alpha value is -3.18. The van der Waals surface area contributed by atoms with Crippen molar-refractivity contribution in [3.05, 3.63) is 94.8 Å². The third-order valence-electron chi connectivity index (χ3n) is 3.70. The summed E-state index contributed by atoms with van der Waals surface area (Å²) in [6.45, 7) is 0.353. The summed E-state index contributed by atoms with van der Waals surface area (Å²) in [6, 6.07) is 17.1. The number of benzene rings is 2. The van der Waals surface area contributed by atoms with Gasteiger partial charge in [-0.1, -0.05) is 29.8 Å². The number of carbonyl (C=O) groups excluding carboxylic acids is 2. The summed E-state index contributed by atoms with van der Waals surface area (Å²) in [5, 5.41) is 6.15. The van der Waals surface area contributed by atoms with E-state index in [1.165, 1.54) is 0 Å². The SMILES string of the molecule is O=C(Nc1ccccc1C(=O)NCc1cccnc1)c1ccc(Cl)cc1. The van der Waals surface area contributed by atoms with E-state index in [2.05, 4.69) is 15.6 Å². The number of nitrogens with zero attached hydrogens (tertiary/aromatic N) is 1.